The van der Waals surface area contributed by atoms with Gasteiger partial charge in [0.15, 0.2) is 0 Å². The summed E-state index contributed by atoms with van der Waals surface area (Å²) in [4.78, 5) is 23.9. The van der Waals surface area contributed by atoms with Crippen LogP contribution in [0.4, 0.5) is 22.0 Å². The largest absolute Gasteiger partial charge is 0.497 e. The molecule has 0 aromatic heterocycles. The molecule has 31 heavy (non-hydrogen) atoms. The topological polar surface area (TPSA) is 114 Å². The van der Waals surface area contributed by atoms with Crippen LogP contribution in [0.25, 0.3) is 0 Å². The number of methoxy groups -OCH3 is 1. The van der Waals surface area contributed by atoms with Crippen LogP contribution in [0.15, 0.2) is 24.3 Å². The Morgan fingerprint density at radius 1 is 1.13 bits per heavy atom. The van der Waals surface area contributed by atoms with Crippen LogP contribution in [0, 0.1) is 5.92 Å². The molecule has 0 aliphatic carbocycles. The normalized spacial score (nSPS) is 14.8. The Kier molecular flexibility index (Phi) is 10.6. The standard InChI is InChI=1S/C18H24F5N3O4.ClH/c1-9(2)13(14(27)18(22,23)16(29)25-8-17(19,20)21)26-15(28)12(24)10-4-6-11(30-3)7-5-10;/h4-7,9,12-14,27H,8,24H2,1-3H3,(H,25,29)(H,26,28);1H. The molecule has 0 aliphatic rings. The van der Waals surface area contributed by atoms with Crippen LogP contribution >= 0.6 is 12.4 Å². The number of hydrogen-bond donors (Lipinski definition) is 4. The van der Waals surface area contributed by atoms with Gasteiger partial charge in [-0.25, -0.2) is 0 Å². The molecule has 0 bridgehead atoms. The van der Waals surface area contributed by atoms with Crippen LogP contribution in [0.2, 0.25) is 0 Å². The van der Waals surface area contributed by atoms with Crippen LogP contribution in [-0.2, 0) is 9.59 Å². The van der Waals surface area contributed by atoms with Gasteiger partial charge in [0.1, 0.15) is 24.4 Å². The summed E-state index contributed by atoms with van der Waals surface area (Å²) in [6, 6.07) is 3.03. The minimum atomic E-state index is -4.91. The number of aliphatic hydroxyl groups is 1. The second-order valence-electron chi connectivity index (χ2n) is 6.89. The van der Waals surface area contributed by atoms with Gasteiger partial charge in [0.25, 0.3) is 5.91 Å². The highest BCUT2D eigenvalue weighted by Gasteiger charge is 2.51. The van der Waals surface area contributed by atoms with Crippen LogP contribution in [0.5, 0.6) is 5.75 Å². The van der Waals surface area contributed by atoms with E-state index in [9.17, 15) is 36.6 Å². The van der Waals surface area contributed by atoms with E-state index < -0.39 is 54.6 Å². The van der Waals surface area contributed by atoms with Crippen LogP contribution < -0.4 is 21.1 Å². The molecule has 0 spiro atoms. The van der Waals surface area contributed by atoms with Crippen LogP contribution in [-0.4, -0.2) is 54.8 Å². The highest BCUT2D eigenvalue weighted by atomic mass is 35.5. The summed E-state index contributed by atoms with van der Waals surface area (Å²) in [7, 11) is 1.43. The lowest BCUT2D eigenvalue weighted by atomic mass is 9.93. The summed E-state index contributed by atoms with van der Waals surface area (Å²) >= 11 is 0. The molecule has 2 amide bonds. The highest BCUT2D eigenvalue weighted by molar-refractivity contribution is 5.86. The quantitative estimate of drug-likeness (QED) is 0.406. The maximum absolute atomic E-state index is 14.2. The molecule has 1 aromatic rings. The van der Waals surface area contributed by atoms with E-state index in [0.717, 1.165) is 5.32 Å². The maximum atomic E-state index is 14.2. The van der Waals surface area contributed by atoms with Gasteiger partial charge in [-0.15, -0.1) is 12.4 Å². The van der Waals surface area contributed by atoms with Crippen LogP contribution in [0.3, 0.4) is 0 Å². The van der Waals surface area contributed by atoms with Gasteiger partial charge in [-0.05, 0) is 23.6 Å². The average Bonchev–Trinajstić information content (AvgIpc) is 2.67. The van der Waals surface area contributed by atoms with Gasteiger partial charge < -0.3 is 26.2 Å². The summed E-state index contributed by atoms with van der Waals surface area (Å²) in [5.41, 5.74) is 6.14. The minimum Gasteiger partial charge on any atom is -0.497 e. The number of halogens is 6. The summed E-state index contributed by atoms with van der Waals surface area (Å²) in [5.74, 6) is -8.16. The van der Waals surface area contributed by atoms with Crippen molar-refractivity contribution in [3.8, 4) is 5.75 Å². The van der Waals surface area contributed by atoms with Crippen molar-refractivity contribution >= 4 is 24.2 Å². The van der Waals surface area contributed by atoms with E-state index in [2.05, 4.69) is 5.32 Å². The molecule has 7 nitrogen and oxygen atoms in total. The first-order valence-electron chi connectivity index (χ1n) is 8.81. The van der Waals surface area contributed by atoms with E-state index in [1.807, 2.05) is 0 Å². The Morgan fingerprint density at radius 3 is 2.06 bits per heavy atom. The number of ether oxygens (including phenoxy) is 1. The van der Waals surface area contributed by atoms with E-state index in [1.54, 1.807) is 0 Å². The number of nitrogens with two attached hydrogens (primary N) is 1. The highest BCUT2D eigenvalue weighted by Crippen LogP contribution is 2.26. The third-order valence-corrected chi connectivity index (χ3v) is 4.25. The fraction of sp³-hybridized carbons (Fsp3) is 0.556. The smallest absolute Gasteiger partial charge is 0.405 e. The Hall–Kier alpha value is -2.18. The zero-order valence-corrected chi connectivity index (χ0v) is 17.7. The lowest BCUT2D eigenvalue weighted by Gasteiger charge is -2.32. The lowest BCUT2D eigenvalue weighted by molar-refractivity contribution is -0.174. The molecular weight excluding hydrogens is 453 g/mol. The monoisotopic (exact) mass is 477 g/mol. The van der Waals surface area contributed by atoms with Crippen molar-refractivity contribution in [2.75, 3.05) is 13.7 Å². The summed E-state index contributed by atoms with van der Waals surface area (Å²) in [6.07, 6.45) is -7.70. The fourth-order valence-electron chi connectivity index (χ4n) is 2.49. The van der Waals surface area contributed by atoms with Crippen molar-refractivity contribution in [2.24, 2.45) is 11.7 Å². The minimum absolute atomic E-state index is 0. The van der Waals surface area contributed by atoms with E-state index in [-0.39, 0.29) is 12.4 Å². The predicted octanol–water partition coefficient (Wildman–Crippen LogP) is 1.93. The number of amides is 2. The van der Waals surface area contributed by atoms with Gasteiger partial charge in [0.2, 0.25) is 5.91 Å². The van der Waals surface area contributed by atoms with Crippen molar-refractivity contribution in [1.29, 1.82) is 0 Å². The molecule has 13 heteroatoms. The number of aliphatic hydroxyl groups excluding tert-OH is 1. The Bertz CT molecular complexity index is 732. The molecule has 0 heterocycles. The van der Waals surface area contributed by atoms with E-state index in [0.29, 0.717) is 11.3 Å². The molecule has 1 rings (SSSR count). The second-order valence-corrected chi connectivity index (χ2v) is 6.89. The Balaban J connectivity index is 0.00000900. The maximum Gasteiger partial charge on any atom is 0.405 e. The molecule has 0 saturated heterocycles. The van der Waals surface area contributed by atoms with E-state index in [4.69, 9.17) is 10.5 Å². The van der Waals surface area contributed by atoms with Crippen molar-refractivity contribution < 1.29 is 41.4 Å². The molecule has 3 unspecified atom stereocenters. The predicted molar refractivity (Wildman–Crippen MR) is 104 cm³/mol. The van der Waals surface area contributed by atoms with Crippen molar-refractivity contribution in [1.82, 2.24) is 10.6 Å². The SMILES string of the molecule is COc1ccc(C(N)C(=O)NC(C(C)C)C(O)C(F)(F)C(=O)NCC(F)(F)F)cc1.Cl. The third kappa shape index (κ3) is 8.11. The van der Waals surface area contributed by atoms with Crippen LogP contribution in [0.1, 0.15) is 25.5 Å². The number of benzene rings is 1. The molecule has 0 saturated carbocycles. The average molecular weight is 478 g/mol. The summed E-state index contributed by atoms with van der Waals surface area (Å²) < 4.78 is 69.9. The van der Waals surface area contributed by atoms with Crippen molar-refractivity contribution in [3.63, 3.8) is 0 Å². The number of carbonyl (C=O) groups excluding carboxylic acids is 2. The first-order chi connectivity index (χ1) is 13.7. The zero-order valence-electron chi connectivity index (χ0n) is 16.9. The second kappa shape index (κ2) is 11.4. The molecule has 5 N–H and O–H groups in total. The lowest BCUT2D eigenvalue weighted by Crippen LogP contribution is -2.60. The fourth-order valence-corrected chi connectivity index (χ4v) is 2.49. The summed E-state index contributed by atoms with van der Waals surface area (Å²) in [6.45, 7) is 0.753. The molecule has 0 fully saturated rings. The molecule has 1 aromatic carbocycles. The number of carbonyl (C=O) groups is 2. The zero-order chi connectivity index (χ0) is 23.3. The first-order valence-corrected chi connectivity index (χ1v) is 8.81. The number of alkyl halides is 5. The van der Waals surface area contributed by atoms with Gasteiger partial charge in [0.05, 0.1) is 13.2 Å². The Morgan fingerprint density at radius 2 is 1.65 bits per heavy atom. The number of nitrogens with one attached hydrogen (secondary N) is 2. The molecular formula is C18H25ClF5N3O4. The molecule has 178 valence electrons. The van der Waals surface area contributed by atoms with Crippen molar-refractivity contribution in [3.05, 3.63) is 29.8 Å². The third-order valence-electron chi connectivity index (χ3n) is 4.25. The van der Waals surface area contributed by atoms with Gasteiger partial charge >= 0.3 is 12.1 Å². The first kappa shape index (κ1) is 28.8. The van der Waals surface area contributed by atoms with Gasteiger partial charge in [0, 0.05) is 0 Å². The number of hydrogen-bond acceptors (Lipinski definition) is 5. The van der Waals surface area contributed by atoms with Gasteiger partial charge in [-0.1, -0.05) is 26.0 Å². The van der Waals surface area contributed by atoms with E-state index >= 15 is 0 Å². The number of rotatable bonds is 9. The van der Waals surface area contributed by atoms with Gasteiger partial charge in [-0.3, -0.25) is 9.59 Å². The van der Waals surface area contributed by atoms with Gasteiger partial charge in [-0.2, -0.15) is 22.0 Å². The molecule has 0 aliphatic heterocycles. The Labute approximate surface area is 181 Å². The molecule has 0 radical (unpaired) electrons. The molecule has 3 atom stereocenters. The van der Waals surface area contributed by atoms with Crippen molar-refractivity contribution in [2.45, 2.75) is 44.1 Å². The van der Waals surface area contributed by atoms with E-state index in [1.165, 1.54) is 45.2 Å². The summed E-state index contributed by atoms with van der Waals surface area (Å²) in [5, 5.41) is 13.2.